The molecule has 2 N–H and O–H groups in total. The molecule has 1 heterocycles. The molecule has 1 atom stereocenters. The number of ether oxygens (including phenoxy) is 3. The van der Waals surface area contributed by atoms with Crippen LogP contribution in [0.1, 0.15) is 6.92 Å². The van der Waals surface area contributed by atoms with Crippen LogP contribution in [0.15, 0.2) is 24.3 Å². The van der Waals surface area contributed by atoms with Gasteiger partial charge in [-0.05, 0) is 19.1 Å². The molecule has 2 rings (SSSR count). The summed E-state index contributed by atoms with van der Waals surface area (Å²) in [6.45, 7) is 2.73. The Morgan fingerprint density at radius 2 is 2.05 bits per heavy atom. The van der Waals surface area contributed by atoms with Crippen LogP contribution in [0, 0.1) is 0 Å². The van der Waals surface area contributed by atoms with E-state index < -0.39 is 6.09 Å². The van der Waals surface area contributed by atoms with Crippen molar-refractivity contribution < 1.29 is 24.1 Å². The number of aliphatic hydroxyl groups excluding tert-OH is 1. The first kappa shape index (κ1) is 15.1. The molecule has 0 spiro atoms. The largest absolute Gasteiger partial charge is 0.493 e. The maximum Gasteiger partial charge on any atom is 0.407 e. The Labute approximate surface area is 112 Å². The maximum absolute atomic E-state index is 10.8. The molecule has 0 radical (unpaired) electrons. The molecular weight excluding hydrogens is 250 g/mol. The molecular formula is C13H19NO5. The normalized spacial score (nSPS) is 16.8. The molecule has 6 nitrogen and oxygen atoms in total. The van der Waals surface area contributed by atoms with Crippen molar-refractivity contribution in [2.24, 2.45) is 0 Å². The predicted octanol–water partition coefficient (Wildman–Crippen LogP) is 1.18. The van der Waals surface area contributed by atoms with Crippen molar-refractivity contribution >= 4 is 6.09 Å². The fourth-order valence-corrected chi connectivity index (χ4v) is 1.45. The molecule has 1 amide bonds. The van der Waals surface area contributed by atoms with Crippen molar-refractivity contribution in [3.63, 3.8) is 0 Å². The van der Waals surface area contributed by atoms with Crippen molar-refractivity contribution in [3.05, 3.63) is 24.3 Å². The Morgan fingerprint density at radius 3 is 2.58 bits per heavy atom. The van der Waals surface area contributed by atoms with E-state index in [1.54, 1.807) is 14.0 Å². The first-order chi connectivity index (χ1) is 9.21. The maximum atomic E-state index is 10.8. The van der Waals surface area contributed by atoms with Gasteiger partial charge in [-0.2, -0.15) is 0 Å². The molecule has 1 aromatic rings. The lowest BCUT2D eigenvalue weighted by Crippen LogP contribution is -2.22. The molecule has 1 fully saturated rings. The average molecular weight is 269 g/mol. The number of alkyl carbamates (subject to hydrolysis) is 1. The van der Waals surface area contributed by atoms with Gasteiger partial charge in [0, 0.05) is 6.61 Å². The van der Waals surface area contributed by atoms with E-state index in [4.69, 9.17) is 19.3 Å². The Balaban J connectivity index is 0.000000550. The van der Waals surface area contributed by atoms with E-state index in [1.807, 2.05) is 24.3 Å². The van der Waals surface area contributed by atoms with Crippen LogP contribution in [-0.2, 0) is 4.74 Å². The summed E-state index contributed by atoms with van der Waals surface area (Å²) < 4.78 is 15.6. The van der Waals surface area contributed by atoms with Crippen LogP contribution in [0.4, 0.5) is 4.79 Å². The van der Waals surface area contributed by atoms with Crippen molar-refractivity contribution in [2.75, 3.05) is 26.9 Å². The molecule has 0 saturated carbocycles. The summed E-state index contributed by atoms with van der Waals surface area (Å²) in [4.78, 5) is 10.8. The third-order valence-corrected chi connectivity index (χ3v) is 2.24. The van der Waals surface area contributed by atoms with Crippen molar-refractivity contribution in [2.45, 2.75) is 13.0 Å². The summed E-state index contributed by atoms with van der Waals surface area (Å²) in [5, 5.41) is 10.1. The zero-order valence-corrected chi connectivity index (χ0v) is 11.1. The standard InChI is InChI=1S/C11H13NO4.C2H6O/c1-14-9-4-2-3-5-10(9)15-7-8-6-12-11(13)16-8;1-2-3/h2-5,8H,6-7H2,1H3,(H,12,13);3H,2H2,1H3. The SMILES string of the molecule is CCO.COc1ccccc1OCC1CNC(=O)O1. The lowest BCUT2D eigenvalue weighted by molar-refractivity contribution is 0.103. The summed E-state index contributed by atoms with van der Waals surface area (Å²) >= 11 is 0. The molecule has 0 aromatic heterocycles. The van der Waals surface area contributed by atoms with Gasteiger partial charge in [-0.25, -0.2) is 4.79 Å². The number of aliphatic hydroxyl groups is 1. The third kappa shape index (κ3) is 5.05. The van der Waals surface area contributed by atoms with E-state index in [1.165, 1.54) is 0 Å². The van der Waals surface area contributed by atoms with E-state index >= 15 is 0 Å². The Bertz CT molecular complexity index is 396. The van der Waals surface area contributed by atoms with Gasteiger partial charge in [0.25, 0.3) is 0 Å². The van der Waals surface area contributed by atoms with Crippen LogP contribution in [0.25, 0.3) is 0 Å². The highest BCUT2D eigenvalue weighted by molar-refractivity contribution is 5.69. The lowest BCUT2D eigenvalue weighted by Gasteiger charge is -2.12. The van der Waals surface area contributed by atoms with Crippen LogP contribution in [0.3, 0.4) is 0 Å². The predicted molar refractivity (Wildman–Crippen MR) is 69.5 cm³/mol. The molecule has 1 aliphatic rings. The number of hydrogen-bond acceptors (Lipinski definition) is 5. The second kappa shape index (κ2) is 8.20. The van der Waals surface area contributed by atoms with Gasteiger partial charge in [-0.3, -0.25) is 0 Å². The van der Waals surface area contributed by atoms with E-state index in [0.717, 1.165) is 0 Å². The highest BCUT2D eigenvalue weighted by atomic mass is 16.6. The Kier molecular flexibility index (Phi) is 6.52. The zero-order chi connectivity index (χ0) is 14.1. The van der Waals surface area contributed by atoms with Gasteiger partial charge >= 0.3 is 6.09 Å². The monoisotopic (exact) mass is 269 g/mol. The number of benzene rings is 1. The molecule has 1 aromatic carbocycles. The highest BCUT2D eigenvalue weighted by Crippen LogP contribution is 2.26. The number of rotatable bonds is 4. The van der Waals surface area contributed by atoms with E-state index in [2.05, 4.69) is 5.32 Å². The van der Waals surface area contributed by atoms with Gasteiger partial charge in [-0.1, -0.05) is 12.1 Å². The molecule has 1 saturated heterocycles. The molecule has 1 unspecified atom stereocenters. The van der Waals surface area contributed by atoms with Crippen molar-refractivity contribution in [1.29, 1.82) is 0 Å². The number of carbonyl (C=O) groups is 1. The van der Waals surface area contributed by atoms with Crippen molar-refractivity contribution in [1.82, 2.24) is 5.32 Å². The van der Waals surface area contributed by atoms with Gasteiger partial charge in [0.05, 0.1) is 13.7 Å². The smallest absolute Gasteiger partial charge is 0.407 e. The number of amides is 1. The fourth-order valence-electron chi connectivity index (χ4n) is 1.45. The number of para-hydroxylation sites is 2. The van der Waals surface area contributed by atoms with Gasteiger partial charge in [0.15, 0.2) is 17.6 Å². The topological polar surface area (TPSA) is 77.0 Å². The summed E-state index contributed by atoms with van der Waals surface area (Å²) in [6.07, 6.45) is -0.633. The summed E-state index contributed by atoms with van der Waals surface area (Å²) in [5.74, 6) is 1.31. The molecule has 106 valence electrons. The van der Waals surface area contributed by atoms with Gasteiger partial charge in [0.1, 0.15) is 6.61 Å². The number of carbonyl (C=O) groups excluding carboxylic acids is 1. The van der Waals surface area contributed by atoms with Crippen LogP contribution in [0.2, 0.25) is 0 Å². The minimum Gasteiger partial charge on any atom is -0.493 e. The number of hydrogen-bond donors (Lipinski definition) is 2. The molecule has 19 heavy (non-hydrogen) atoms. The van der Waals surface area contributed by atoms with Gasteiger partial charge < -0.3 is 24.6 Å². The quantitative estimate of drug-likeness (QED) is 0.858. The second-order valence-corrected chi connectivity index (χ2v) is 3.69. The number of cyclic esters (lactones) is 1. The fraction of sp³-hybridized carbons (Fsp3) is 0.462. The average Bonchev–Trinajstić information content (AvgIpc) is 2.83. The molecule has 0 aliphatic carbocycles. The lowest BCUT2D eigenvalue weighted by atomic mass is 10.3. The minimum absolute atomic E-state index is 0.239. The summed E-state index contributed by atoms with van der Waals surface area (Å²) in [6, 6.07) is 7.34. The first-order valence-electron chi connectivity index (χ1n) is 6.02. The summed E-state index contributed by atoms with van der Waals surface area (Å²) in [5.41, 5.74) is 0. The Morgan fingerprint density at radius 1 is 1.42 bits per heavy atom. The van der Waals surface area contributed by atoms with Crippen molar-refractivity contribution in [3.8, 4) is 11.5 Å². The zero-order valence-electron chi connectivity index (χ0n) is 11.1. The first-order valence-corrected chi connectivity index (χ1v) is 6.02. The van der Waals surface area contributed by atoms with Crippen LogP contribution >= 0.6 is 0 Å². The Hall–Kier alpha value is -1.95. The highest BCUT2D eigenvalue weighted by Gasteiger charge is 2.23. The second-order valence-electron chi connectivity index (χ2n) is 3.69. The molecule has 0 bridgehead atoms. The van der Waals surface area contributed by atoms with Gasteiger partial charge in [-0.15, -0.1) is 0 Å². The van der Waals surface area contributed by atoms with Gasteiger partial charge in [0.2, 0.25) is 0 Å². The van der Waals surface area contributed by atoms with Crippen LogP contribution < -0.4 is 14.8 Å². The molecule has 1 aliphatic heterocycles. The summed E-state index contributed by atoms with van der Waals surface area (Å²) in [7, 11) is 1.58. The van der Waals surface area contributed by atoms with E-state index in [0.29, 0.717) is 24.7 Å². The minimum atomic E-state index is -0.395. The number of methoxy groups -OCH3 is 1. The van der Waals surface area contributed by atoms with E-state index in [-0.39, 0.29) is 12.7 Å². The van der Waals surface area contributed by atoms with E-state index in [9.17, 15) is 4.79 Å². The third-order valence-electron chi connectivity index (χ3n) is 2.24. The molecule has 6 heteroatoms. The van der Waals surface area contributed by atoms with Crippen LogP contribution in [0.5, 0.6) is 11.5 Å². The van der Waals surface area contributed by atoms with Crippen LogP contribution in [-0.4, -0.2) is 44.2 Å². The number of nitrogens with one attached hydrogen (secondary N) is 1.